The number of aryl methyl sites for hydroxylation is 1. The second-order valence-corrected chi connectivity index (χ2v) is 7.28. The van der Waals surface area contributed by atoms with E-state index >= 15 is 0 Å². The van der Waals surface area contributed by atoms with E-state index in [9.17, 15) is 19.2 Å². The van der Waals surface area contributed by atoms with Crippen molar-refractivity contribution in [3.63, 3.8) is 0 Å². The Morgan fingerprint density at radius 1 is 1.03 bits per heavy atom. The average Bonchev–Trinajstić information content (AvgIpc) is 2.79. The molecule has 0 aliphatic rings. The fraction of sp³-hybridized carbons (Fsp3) is 0.0870. The van der Waals surface area contributed by atoms with Gasteiger partial charge < -0.3 is 11.1 Å². The monoisotopic (exact) mass is 429 g/mol. The number of aromatic nitrogens is 3. The van der Waals surface area contributed by atoms with Gasteiger partial charge in [-0.3, -0.25) is 19.0 Å². The third-order valence-corrected chi connectivity index (χ3v) is 5.09. The molecule has 4 aromatic rings. The number of rotatable bonds is 4. The van der Waals surface area contributed by atoms with Crippen molar-refractivity contribution in [2.45, 2.75) is 6.92 Å². The molecule has 0 atom stereocenters. The van der Waals surface area contributed by atoms with E-state index in [2.05, 4.69) is 10.3 Å². The average molecular weight is 429 g/mol. The number of hydrogen-bond acceptors (Lipinski definition) is 5. The minimum absolute atomic E-state index is 0.0861. The molecule has 9 heteroatoms. The smallest absolute Gasteiger partial charge is 0.337 e. The van der Waals surface area contributed by atoms with E-state index < -0.39 is 23.1 Å². The lowest BCUT2D eigenvalue weighted by atomic mass is 10.1. The lowest BCUT2D eigenvalue weighted by Crippen LogP contribution is -2.38. The van der Waals surface area contributed by atoms with Gasteiger partial charge in [0, 0.05) is 13.2 Å². The molecular formula is C23H19N5O4. The number of nitrogens with zero attached hydrogens (tertiary/aromatic N) is 3. The number of benzene rings is 2. The highest BCUT2D eigenvalue weighted by Gasteiger charge is 2.17. The molecule has 0 saturated carbocycles. The summed E-state index contributed by atoms with van der Waals surface area (Å²) >= 11 is 0. The molecule has 4 rings (SSSR count). The molecule has 0 radical (unpaired) electrons. The summed E-state index contributed by atoms with van der Waals surface area (Å²) in [4.78, 5) is 54.3. The van der Waals surface area contributed by atoms with Crippen LogP contribution in [0, 0.1) is 6.92 Å². The fourth-order valence-electron chi connectivity index (χ4n) is 3.35. The van der Waals surface area contributed by atoms with E-state index in [4.69, 9.17) is 5.73 Å². The maximum Gasteiger partial charge on any atom is 0.337 e. The summed E-state index contributed by atoms with van der Waals surface area (Å²) in [5.74, 6) is -1.27. The van der Waals surface area contributed by atoms with Crippen LogP contribution in [-0.4, -0.2) is 25.9 Å². The number of amides is 2. The van der Waals surface area contributed by atoms with Gasteiger partial charge in [0.2, 0.25) is 0 Å². The third-order valence-electron chi connectivity index (χ3n) is 5.09. The maximum atomic E-state index is 12.8. The van der Waals surface area contributed by atoms with Crippen molar-refractivity contribution in [2.75, 3.05) is 5.32 Å². The Hall–Kier alpha value is -4.53. The second-order valence-electron chi connectivity index (χ2n) is 7.28. The van der Waals surface area contributed by atoms with Gasteiger partial charge in [0.05, 0.1) is 27.9 Å². The van der Waals surface area contributed by atoms with E-state index in [1.165, 1.54) is 29.9 Å². The highest BCUT2D eigenvalue weighted by molar-refractivity contribution is 6.09. The molecule has 160 valence electrons. The first kappa shape index (κ1) is 20.7. The first-order valence-electron chi connectivity index (χ1n) is 9.67. The van der Waals surface area contributed by atoms with E-state index in [1.807, 2.05) is 19.1 Å². The number of fused-ring (bicyclic) bond motifs is 1. The van der Waals surface area contributed by atoms with Crippen LogP contribution in [0.1, 0.15) is 26.3 Å². The molecule has 0 bridgehead atoms. The Labute approximate surface area is 181 Å². The molecular weight excluding hydrogens is 410 g/mol. The topological polar surface area (TPSA) is 129 Å². The quantitative estimate of drug-likeness (QED) is 0.511. The summed E-state index contributed by atoms with van der Waals surface area (Å²) in [5.41, 5.74) is 6.40. The van der Waals surface area contributed by atoms with Crippen molar-refractivity contribution in [3.05, 3.63) is 98.3 Å². The van der Waals surface area contributed by atoms with Gasteiger partial charge in [-0.25, -0.2) is 14.3 Å². The van der Waals surface area contributed by atoms with Gasteiger partial charge in [0.1, 0.15) is 0 Å². The number of hydrogen-bond donors (Lipinski definition) is 2. The Kier molecular flexibility index (Phi) is 5.15. The highest BCUT2D eigenvalue weighted by atomic mass is 16.2. The Morgan fingerprint density at radius 3 is 2.41 bits per heavy atom. The van der Waals surface area contributed by atoms with E-state index in [0.29, 0.717) is 5.69 Å². The molecule has 2 amide bonds. The molecule has 0 spiro atoms. The van der Waals surface area contributed by atoms with E-state index in [0.717, 1.165) is 10.1 Å². The lowest BCUT2D eigenvalue weighted by molar-refractivity contribution is 0.100. The van der Waals surface area contributed by atoms with Crippen LogP contribution in [0.5, 0.6) is 0 Å². The van der Waals surface area contributed by atoms with Crippen LogP contribution in [-0.2, 0) is 7.05 Å². The van der Waals surface area contributed by atoms with Gasteiger partial charge in [-0.15, -0.1) is 0 Å². The number of anilines is 1. The van der Waals surface area contributed by atoms with E-state index in [-0.39, 0.29) is 27.8 Å². The molecule has 9 nitrogen and oxygen atoms in total. The number of carbonyl (C=O) groups excluding carboxylic acids is 2. The maximum absolute atomic E-state index is 12.8. The molecule has 3 N–H and O–H groups in total. The van der Waals surface area contributed by atoms with Crippen molar-refractivity contribution in [3.8, 4) is 5.69 Å². The first-order valence-corrected chi connectivity index (χ1v) is 9.67. The molecule has 32 heavy (non-hydrogen) atoms. The van der Waals surface area contributed by atoms with Crippen LogP contribution < -0.4 is 22.3 Å². The number of nitrogens with two attached hydrogens (primary N) is 1. The highest BCUT2D eigenvalue weighted by Crippen LogP contribution is 2.18. The number of nitrogens with one attached hydrogen (secondary N) is 1. The van der Waals surface area contributed by atoms with E-state index in [1.54, 1.807) is 30.3 Å². The summed E-state index contributed by atoms with van der Waals surface area (Å²) in [6.45, 7) is 1.92. The number of primary amides is 1. The van der Waals surface area contributed by atoms with Crippen molar-refractivity contribution >= 4 is 28.5 Å². The van der Waals surface area contributed by atoms with Crippen LogP contribution in [0.4, 0.5) is 5.69 Å². The third kappa shape index (κ3) is 3.56. The van der Waals surface area contributed by atoms with Gasteiger partial charge in [0.25, 0.3) is 17.4 Å². The Balaban J connectivity index is 1.84. The standard InChI is InChI=1S/C23H19N5O4/c1-13-7-9-15(10-8-13)28-20-17(22(31)27(2)23(28)32)11-14(12-25-20)21(30)26-18-6-4-3-5-16(18)19(24)29/h3-12H,1-2H3,(H2,24,29)(H,26,30). The van der Waals surface area contributed by atoms with Gasteiger partial charge in [-0.05, 0) is 37.3 Å². The van der Waals surface area contributed by atoms with Crippen LogP contribution in [0.15, 0.2) is 70.4 Å². The second kappa shape index (κ2) is 7.95. The SMILES string of the molecule is Cc1ccc(-n2c(=O)n(C)c(=O)c3cc(C(=O)Nc4ccccc4C(N)=O)cnc32)cc1. The molecule has 2 aromatic carbocycles. The number of para-hydroxylation sites is 1. The zero-order valence-corrected chi connectivity index (χ0v) is 17.3. The predicted octanol–water partition coefficient (Wildman–Crippen LogP) is 1.74. The molecule has 2 aromatic heterocycles. The normalized spacial score (nSPS) is 10.8. The predicted molar refractivity (Wildman–Crippen MR) is 120 cm³/mol. The van der Waals surface area contributed by atoms with Crippen LogP contribution in [0.3, 0.4) is 0 Å². The zero-order valence-electron chi connectivity index (χ0n) is 17.3. The zero-order chi connectivity index (χ0) is 23.0. The number of carbonyl (C=O) groups is 2. The van der Waals surface area contributed by atoms with Gasteiger partial charge in [-0.1, -0.05) is 29.8 Å². The summed E-state index contributed by atoms with van der Waals surface area (Å²) in [6.07, 6.45) is 1.27. The summed E-state index contributed by atoms with van der Waals surface area (Å²) in [7, 11) is 1.37. The lowest BCUT2D eigenvalue weighted by Gasteiger charge is -2.13. The summed E-state index contributed by atoms with van der Waals surface area (Å²) < 4.78 is 2.29. The Bertz CT molecular complexity index is 1500. The van der Waals surface area contributed by atoms with Crippen molar-refractivity contribution in [2.24, 2.45) is 12.8 Å². The van der Waals surface area contributed by atoms with Crippen molar-refractivity contribution < 1.29 is 9.59 Å². The summed E-state index contributed by atoms with van der Waals surface area (Å²) in [5, 5.41) is 2.71. The largest absolute Gasteiger partial charge is 0.366 e. The first-order chi connectivity index (χ1) is 15.3. The molecule has 0 aliphatic heterocycles. The minimum atomic E-state index is -0.687. The molecule has 0 aliphatic carbocycles. The Morgan fingerprint density at radius 2 is 1.72 bits per heavy atom. The van der Waals surface area contributed by atoms with Gasteiger partial charge in [0.15, 0.2) is 5.65 Å². The van der Waals surface area contributed by atoms with Gasteiger partial charge in [-0.2, -0.15) is 0 Å². The summed E-state index contributed by atoms with van der Waals surface area (Å²) in [6, 6.07) is 14.9. The van der Waals surface area contributed by atoms with Crippen LogP contribution >= 0.6 is 0 Å². The number of pyridine rings is 1. The van der Waals surface area contributed by atoms with Crippen molar-refractivity contribution in [1.82, 2.24) is 14.1 Å². The van der Waals surface area contributed by atoms with Crippen molar-refractivity contribution in [1.29, 1.82) is 0 Å². The molecule has 0 fully saturated rings. The minimum Gasteiger partial charge on any atom is -0.366 e. The fourth-order valence-corrected chi connectivity index (χ4v) is 3.35. The van der Waals surface area contributed by atoms with Crippen LogP contribution in [0.2, 0.25) is 0 Å². The van der Waals surface area contributed by atoms with Gasteiger partial charge >= 0.3 is 5.69 Å². The van der Waals surface area contributed by atoms with Crippen LogP contribution in [0.25, 0.3) is 16.7 Å². The molecule has 0 saturated heterocycles. The molecule has 0 unspecified atom stereocenters. The molecule has 2 heterocycles.